The summed E-state index contributed by atoms with van der Waals surface area (Å²) in [5, 5.41) is 8.61. The number of nitrogens with zero attached hydrogens (tertiary/aromatic N) is 1. The molecule has 1 rings (SSSR count). The Hall–Kier alpha value is -0.850. The van der Waals surface area contributed by atoms with E-state index in [1.807, 2.05) is 12.1 Å². The quantitative estimate of drug-likeness (QED) is 0.803. The minimum atomic E-state index is -0.453. The fourth-order valence-corrected chi connectivity index (χ4v) is 2.31. The van der Waals surface area contributed by atoms with Crippen molar-refractivity contribution < 1.29 is 0 Å². The molecule has 0 aliphatic carbocycles. The number of rotatable bonds is 3. The third-order valence-electron chi connectivity index (χ3n) is 1.74. The molecule has 0 aliphatic heterocycles. The monoisotopic (exact) mass is 194 g/mol. The van der Waals surface area contributed by atoms with Gasteiger partial charge in [-0.05, 0) is 24.5 Å². The largest absolute Gasteiger partial charge is 0.312 e. The summed E-state index contributed by atoms with van der Waals surface area (Å²) in [6.45, 7) is 4.37. The third kappa shape index (κ3) is 2.83. The standard InChI is InChI=1S/C10H14N2S/c1-7(2)5-8-3-4-10(13-8)9(12)6-11/h3-4,7,9H,5,12H2,1-2H3. The first kappa shape index (κ1) is 10.2. The maximum absolute atomic E-state index is 8.61. The molecule has 13 heavy (non-hydrogen) atoms. The lowest BCUT2D eigenvalue weighted by molar-refractivity contribution is 0.654. The Balaban J connectivity index is 2.70. The van der Waals surface area contributed by atoms with Gasteiger partial charge in [-0.25, -0.2) is 0 Å². The Kier molecular flexibility index (Phi) is 3.47. The van der Waals surface area contributed by atoms with Crippen molar-refractivity contribution in [1.82, 2.24) is 0 Å². The van der Waals surface area contributed by atoms with Gasteiger partial charge in [0.25, 0.3) is 0 Å². The van der Waals surface area contributed by atoms with E-state index in [0.717, 1.165) is 11.3 Å². The molecule has 0 fully saturated rings. The van der Waals surface area contributed by atoms with Gasteiger partial charge in [0.2, 0.25) is 0 Å². The summed E-state index contributed by atoms with van der Waals surface area (Å²) >= 11 is 1.65. The number of nitrogens with two attached hydrogens (primary N) is 1. The summed E-state index contributed by atoms with van der Waals surface area (Å²) < 4.78 is 0. The maximum Gasteiger partial charge on any atom is 0.128 e. The normalized spacial score (nSPS) is 12.8. The number of nitriles is 1. The lowest BCUT2D eigenvalue weighted by atomic mass is 10.1. The molecule has 0 saturated carbocycles. The molecule has 0 spiro atoms. The van der Waals surface area contributed by atoms with Gasteiger partial charge in [0.1, 0.15) is 6.04 Å². The van der Waals surface area contributed by atoms with E-state index in [-0.39, 0.29) is 0 Å². The van der Waals surface area contributed by atoms with Crippen LogP contribution in [0.1, 0.15) is 29.6 Å². The Morgan fingerprint density at radius 3 is 2.77 bits per heavy atom. The van der Waals surface area contributed by atoms with Crippen molar-refractivity contribution >= 4 is 11.3 Å². The molecule has 3 heteroatoms. The van der Waals surface area contributed by atoms with Crippen LogP contribution in [0.4, 0.5) is 0 Å². The molecule has 0 aromatic carbocycles. The predicted octanol–water partition coefficient (Wildman–Crippen LogP) is 2.47. The number of hydrogen-bond acceptors (Lipinski definition) is 3. The molecular weight excluding hydrogens is 180 g/mol. The summed E-state index contributed by atoms with van der Waals surface area (Å²) in [5.41, 5.74) is 5.59. The van der Waals surface area contributed by atoms with Gasteiger partial charge in [-0.15, -0.1) is 11.3 Å². The number of thiophene rings is 1. The molecule has 70 valence electrons. The highest BCUT2D eigenvalue weighted by Crippen LogP contribution is 2.23. The van der Waals surface area contributed by atoms with E-state index in [1.165, 1.54) is 4.88 Å². The second-order valence-corrected chi connectivity index (χ2v) is 4.71. The van der Waals surface area contributed by atoms with E-state index in [1.54, 1.807) is 11.3 Å². The fourth-order valence-electron chi connectivity index (χ4n) is 1.14. The van der Waals surface area contributed by atoms with Gasteiger partial charge in [0.15, 0.2) is 0 Å². The molecular formula is C10H14N2S. The molecule has 2 nitrogen and oxygen atoms in total. The van der Waals surface area contributed by atoms with Crippen LogP contribution >= 0.6 is 11.3 Å². The molecule has 0 radical (unpaired) electrons. The van der Waals surface area contributed by atoms with E-state index >= 15 is 0 Å². The number of hydrogen-bond donors (Lipinski definition) is 1. The zero-order valence-electron chi connectivity index (χ0n) is 7.95. The van der Waals surface area contributed by atoms with Crippen LogP contribution in [0.2, 0.25) is 0 Å². The molecule has 1 atom stereocenters. The smallest absolute Gasteiger partial charge is 0.128 e. The van der Waals surface area contributed by atoms with E-state index in [0.29, 0.717) is 5.92 Å². The van der Waals surface area contributed by atoms with Gasteiger partial charge >= 0.3 is 0 Å². The predicted molar refractivity (Wildman–Crippen MR) is 55.4 cm³/mol. The van der Waals surface area contributed by atoms with Crippen molar-refractivity contribution in [3.8, 4) is 6.07 Å². The summed E-state index contributed by atoms with van der Waals surface area (Å²) in [6.07, 6.45) is 1.07. The topological polar surface area (TPSA) is 49.8 Å². The average Bonchev–Trinajstić information content (AvgIpc) is 2.50. The molecule has 1 aromatic heterocycles. The van der Waals surface area contributed by atoms with Crippen LogP contribution in [-0.2, 0) is 6.42 Å². The van der Waals surface area contributed by atoms with Crippen molar-refractivity contribution in [2.75, 3.05) is 0 Å². The lowest BCUT2D eigenvalue weighted by Gasteiger charge is -2.00. The first-order chi connectivity index (χ1) is 6.13. The second-order valence-electron chi connectivity index (χ2n) is 3.51. The van der Waals surface area contributed by atoms with Gasteiger partial charge in [0, 0.05) is 9.75 Å². The molecule has 1 unspecified atom stereocenters. The van der Waals surface area contributed by atoms with E-state index in [9.17, 15) is 0 Å². The van der Waals surface area contributed by atoms with Gasteiger partial charge < -0.3 is 5.73 Å². The van der Waals surface area contributed by atoms with Crippen molar-refractivity contribution in [2.45, 2.75) is 26.3 Å². The lowest BCUT2D eigenvalue weighted by Crippen LogP contribution is -2.04. The van der Waals surface area contributed by atoms with Crippen LogP contribution in [-0.4, -0.2) is 0 Å². The van der Waals surface area contributed by atoms with Crippen molar-refractivity contribution in [2.24, 2.45) is 11.7 Å². The van der Waals surface area contributed by atoms with Crippen LogP contribution in [0.15, 0.2) is 12.1 Å². The van der Waals surface area contributed by atoms with Gasteiger partial charge in [0.05, 0.1) is 6.07 Å². The summed E-state index contributed by atoms with van der Waals surface area (Å²) in [6, 6.07) is 5.60. The zero-order chi connectivity index (χ0) is 9.84. The van der Waals surface area contributed by atoms with Gasteiger partial charge in [-0.1, -0.05) is 13.8 Å². The molecule has 1 aromatic rings. The molecule has 0 bridgehead atoms. The zero-order valence-corrected chi connectivity index (χ0v) is 8.77. The highest BCUT2D eigenvalue weighted by atomic mass is 32.1. The second kappa shape index (κ2) is 4.40. The highest BCUT2D eigenvalue weighted by molar-refractivity contribution is 7.12. The van der Waals surface area contributed by atoms with Crippen molar-refractivity contribution in [3.05, 3.63) is 21.9 Å². The van der Waals surface area contributed by atoms with E-state index in [4.69, 9.17) is 11.0 Å². The Bertz CT molecular complexity index is 309. The Morgan fingerprint density at radius 1 is 1.54 bits per heavy atom. The van der Waals surface area contributed by atoms with Crippen LogP contribution in [0.25, 0.3) is 0 Å². The maximum atomic E-state index is 8.61. The van der Waals surface area contributed by atoms with Crippen LogP contribution in [0.5, 0.6) is 0 Å². The summed E-state index contributed by atoms with van der Waals surface area (Å²) in [7, 11) is 0. The van der Waals surface area contributed by atoms with Crippen molar-refractivity contribution in [3.63, 3.8) is 0 Å². The molecule has 0 aliphatic rings. The molecule has 0 saturated heterocycles. The molecule has 1 heterocycles. The first-order valence-corrected chi connectivity index (χ1v) is 5.19. The van der Waals surface area contributed by atoms with Crippen molar-refractivity contribution in [1.29, 1.82) is 5.26 Å². The van der Waals surface area contributed by atoms with Crippen LogP contribution < -0.4 is 5.73 Å². The molecule has 0 amide bonds. The van der Waals surface area contributed by atoms with E-state index < -0.39 is 6.04 Å². The summed E-state index contributed by atoms with van der Waals surface area (Å²) in [4.78, 5) is 2.29. The van der Waals surface area contributed by atoms with Crippen LogP contribution in [0, 0.1) is 17.2 Å². The highest BCUT2D eigenvalue weighted by Gasteiger charge is 2.08. The minimum absolute atomic E-state index is 0.453. The summed E-state index contributed by atoms with van der Waals surface area (Å²) in [5.74, 6) is 0.657. The van der Waals surface area contributed by atoms with Gasteiger partial charge in [-0.3, -0.25) is 0 Å². The Labute approximate surface area is 83.0 Å². The third-order valence-corrected chi connectivity index (χ3v) is 2.93. The molecule has 2 N–H and O–H groups in total. The fraction of sp³-hybridized carbons (Fsp3) is 0.500. The van der Waals surface area contributed by atoms with E-state index in [2.05, 4.69) is 19.9 Å². The Morgan fingerprint density at radius 2 is 2.23 bits per heavy atom. The minimum Gasteiger partial charge on any atom is -0.312 e. The SMILES string of the molecule is CC(C)Cc1ccc(C(N)C#N)s1. The first-order valence-electron chi connectivity index (χ1n) is 4.37. The van der Waals surface area contributed by atoms with Crippen LogP contribution in [0.3, 0.4) is 0 Å². The van der Waals surface area contributed by atoms with Gasteiger partial charge in [-0.2, -0.15) is 5.26 Å². The average molecular weight is 194 g/mol.